The molecule has 0 aliphatic heterocycles. The first-order valence-corrected chi connectivity index (χ1v) is 6.87. The summed E-state index contributed by atoms with van der Waals surface area (Å²) in [4.78, 5) is 0. The maximum atomic E-state index is 13.2. The van der Waals surface area contributed by atoms with Gasteiger partial charge >= 0.3 is 0 Å². The van der Waals surface area contributed by atoms with Gasteiger partial charge in [-0.2, -0.15) is 0 Å². The van der Waals surface area contributed by atoms with Crippen LogP contribution in [0.5, 0.6) is 0 Å². The van der Waals surface area contributed by atoms with Gasteiger partial charge in [0.2, 0.25) is 0 Å². The number of benzene rings is 2. The summed E-state index contributed by atoms with van der Waals surface area (Å²) < 4.78 is 40.0. The van der Waals surface area contributed by atoms with Crippen LogP contribution in [-0.2, 0) is 12.8 Å². The average molecular weight is 344 g/mol. The first kappa shape index (κ1) is 15.1. The molecule has 1 atom stereocenters. The number of nitrogens with two attached hydrogens (primary N) is 1. The standard InChI is InChI=1S/C15H13BrF3N/c16-11-1-9(2-12(17)7-11)5-15(20)6-10-3-13(18)8-14(19)4-10/h1-4,7-8,15H,5-6,20H2. The lowest BCUT2D eigenvalue weighted by atomic mass is 9.99. The predicted molar refractivity (Wildman–Crippen MR) is 75.8 cm³/mol. The van der Waals surface area contributed by atoms with Crippen molar-refractivity contribution in [1.82, 2.24) is 0 Å². The average Bonchev–Trinajstić information content (AvgIpc) is 2.24. The van der Waals surface area contributed by atoms with Crippen LogP contribution >= 0.6 is 15.9 Å². The molecular weight excluding hydrogens is 331 g/mol. The minimum absolute atomic E-state index is 0.322. The van der Waals surface area contributed by atoms with Crippen LogP contribution in [0.2, 0.25) is 0 Å². The van der Waals surface area contributed by atoms with Gasteiger partial charge in [0.15, 0.2) is 0 Å². The van der Waals surface area contributed by atoms with Crippen LogP contribution in [-0.4, -0.2) is 6.04 Å². The Morgan fingerprint density at radius 2 is 1.25 bits per heavy atom. The molecule has 5 heteroatoms. The Labute approximate surface area is 123 Å². The SMILES string of the molecule is NC(Cc1cc(F)cc(F)c1)Cc1cc(F)cc(Br)c1. The fraction of sp³-hybridized carbons (Fsp3) is 0.200. The fourth-order valence-electron chi connectivity index (χ4n) is 2.14. The van der Waals surface area contributed by atoms with Gasteiger partial charge in [0.1, 0.15) is 17.5 Å². The molecule has 0 fully saturated rings. The molecule has 106 valence electrons. The van der Waals surface area contributed by atoms with Crippen molar-refractivity contribution in [2.75, 3.05) is 0 Å². The van der Waals surface area contributed by atoms with E-state index in [1.54, 1.807) is 6.07 Å². The highest BCUT2D eigenvalue weighted by atomic mass is 79.9. The normalized spacial score (nSPS) is 12.4. The molecule has 0 aliphatic carbocycles. The molecule has 2 aromatic rings. The molecule has 0 spiro atoms. The first-order chi connectivity index (χ1) is 9.42. The predicted octanol–water partition coefficient (Wildman–Crippen LogP) is 3.98. The monoisotopic (exact) mass is 343 g/mol. The van der Waals surface area contributed by atoms with Gasteiger partial charge in [-0.05, 0) is 54.3 Å². The summed E-state index contributed by atoms with van der Waals surface area (Å²) in [7, 11) is 0. The molecule has 1 nitrogen and oxygen atoms in total. The van der Waals surface area contributed by atoms with Crippen molar-refractivity contribution in [2.45, 2.75) is 18.9 Å². The van der Waals surface area contributed by atoms with Crippen LogP contribution in [0, 0.1) is 17.5 Å². The second kappa shape index (κ2) is 6.41. The Hall–Kier alpha value is -1.33. The van der Waals surface area contributed by atoms with Crippen molar-refractivity contribution in [3.63, 3.8) is 0 Å². The molecule has 0 saturated heterocycles. The summed E-state index contributed by atoms with van der Waals surface area (Å²) in [6.07, 6.45) is 0.747. The largest absolute Gasteiger partial charge is 0.327 e. The molecule has 0 heterocycles. The summed E-state index contributed by atoms with van der Waals surface area (Å²) in [5.41, 5.74) is 7.18. The molecular formula is C15H13BrF3N. The fourth-order valence-corrected chi connectivity index (χ4v) is 2.65. The lowest BCUT2D eigenvalue weighted by Crippen LogP contribution is -2.25. The summed E-state index contributed by atoms with van der Waals surface area (Å²) in [5.74, 6) is -1.60. The summed E-state index contributed by atoms with van der Waals surface area (Å²) in [6, 6.07) is 7.51. The van der Waals surface area contributed by atoms with E-state index in [2.05, 4.69) is 15.9 Å². The Balaban J connectivity index is 2.06. The van der Waals surface area contributed by atoms with Gasteiger partial charge in [-0.15, -0.1) is 0 Å². The molecule has 0 aromatic heterocycles. The molecule has 0 aliphatic rings. The Bertz CT molecular complexity index is 522. The van der Waals surface area contributed by atoms with E-state index in [-0.39, 0.29) is 11.9 Å². The van der Waals surface area contributed by atoms with E-state index in [4.69, 9.17) is 5.73 Å². The van der Waals surface area contributed by atoms with Crippen molar-refractivity contribution >= 4 is 15.9 Å². The Morgan fingerprint density at radius 1 is 0.800 bits per heavy atom. The minimum atomic E-state index is -0.624. The van der Waals surface area contributed by atoms with Crippen molar-refractivity contribution in [1.29, 1.82) is 0 Å². The molecule has 0 radical (unpaired) electrons. The highest BCUT2D eigenvalue weighted by molar-refractivity contribution is 9.10. The van der Waals surface area contributed by atoms with Gasteiger partial charge in [-0.25, -0.2) is 13.2 Å². The molecule has 2 rings (SSSR count). The van der Waals surface area contributed by atoms with Gasteiger partial charge in [0.25, 0.3) is 0 Å². The number of rotatable bonds is 4. The Kier molecular flexibility index (Phi) is 4.83. The Morgan fingerprint density at radius 3 is 1.75 bits per heavy atom. The third kappa shape index (κ3) is 4.35. The van der Waals surface area contributed by atoms with Crippen LogP contribution < -0.4 is 5.73 Å². The lowest BCUT2D eigenvalue weighted by Gasteiger charge is -2.12. The lowest BCUT2D eigenvalue weighted by molar-refractivity contribution is 0.574. The van der Waals surface area contributed by atoms with Crippen LogP contribution in [0.15, 0.2) is 40.9 Å². The van der Waals surface area contributed by atoms with Gasteiger partial charge in [-0.1, -0.05) is 15.9 Å². The van der Waals surface area contributed by atoms with E-state index in [9.17, 15) is 13.2 Å². The third-order valence-corrected chi connectivity index (χ3v) is 3.30. The summed E-state index contributed by atoms with van der Waals surface area (Å²) in [5, 5.41) is 0. The van der Waals surface area contributed by atoms with E-state index in [1.165, 1.54) is 24.3 Å². The van der Waals surface area contributed by atoms with Crippen molar-refractivity contribution in [3.8, 4) is 0 Å². The van der Waals surface area contributed by atoms with Gasteiger partial charge in [0.05, 0.1) is 0 Å². The van der Waals surface area contributed by atoms with E-state index < -0.39 is 11.6 Å². The van der Waals surface area contributed by atoms with Gasteiger partial charge in [-0.3, -0.25) is 0 Å². The van der Waals surface area contributed by atoms with Crippen molar-refractivity contribution < 1.29 is 13.2 Å². The maximum absolute atomic E-state index is 13.2. The molecule has 2 aromatic carbocycles. The summed E-state index contributed by atoms with van der Waals surface area (Å²) >= 11 is 3.21. The second-order valence-electron chi connectivity index (χ2n) is 4.72. The van der Waals surface area contributed by atoms with Gasteiger partial charge in [0, 0.05) is 16.6 Å². The molecule has 0 bridgehead atoms. The highest BCUT2D eigenvalue weighted by Gasteiger charge is 2.09. The van der Waals surface area contributed by atoms with E-state index in [0.29, 0.717) is 22.9 Å². The molecule has 1 unspecified atom stereocenters. The topological polar surface area (TPSA) is 26.0 Å². The maximum Gasteiger partial charge on any atom is 0.126 e. The molecule has 20 heavy (non-hydrogen) atoms. The molecule has 0 amide bonds. The minimum Gasteiger partial charge on any atom is -0.327 e. The van der Waals surface area contributed by atoms with Crippen LogP contribution in [0.4, 0.5) is 13.2 Å². The van der Waals surface area contributed by atoms with E-state index >= 15 is 0 Å². The smallest absolute Gasteiger partial charge is 0.126 e. The number of halogens is 4. The third-order valence-electron chi connectivity index (χ3n) is 2.84. The van der Waals surface area contributed by atoms with Crippen LogP contribution in [0.3, 0.4) is 0 Å². The molecule has 0 saturated carbocycles. The highest BCUT2D eigenvalue weighted by Crippen LogP contribution is 2.17. The van der Waals surface area contributed by atoms with Crippen LogP contribution in [0.25, 0.3) is 0 Å². The second-order valence-corrected chi connectivity index (χ2v) is 5.64. The zero-order chi connectivity index (χ0) is 14.7. The van der Waals surface area contributed by atoms with E-state index in [0.717, 1.165) is 11.6 Å². The first-order valence-electron chi connectivity index (χ1n) is 6.08. The van der Waals surface area contributed by atoms with E-state index in [1.807, 2.05) is 0 Å². The van der Waals surface area contributed by atoms with Crippen LogP contribution in [0.1, 0.15) is 11.1 Å². The molecule has 2 N–H and O–H groups in total. The quantitative estimate of drug-likeness (QED) is 0.892. The van der Waals surface area contributed by atoms with Crippen molar-refractivity contribution in [3.05, 3.63) is 69.4 Å². The summed E-state index contributed by atoms with van der Waals surface area (Å²) in [6.45, 7) is 0. The van der Waals surface area contributed by atoms with Gasteiger partial charge < -0.3 is 5.73 Å². The number of hydrogen-bond donors (Lipinski definition) is 1. The van der Waals surface area contributed by atoms with Crippen molar-refractivity contribution in [2.24, 2.45) is 5.73 Å². The number of hydrogen-bond acceptors (Lipinski definition) is 1. The zero-order valence-electron chi connectivity index (χ0n) is 10.5. The zero-order valence-corrected chi connectivity index (χ0v) is 12.1.